The van der Waals surface area contributed by atoms with Crippen molar-refractivity contribution in [2.45, 2.75) is 11.8 Å². The molecule has 2 rings (SSSR count). The van der Waals surface area contributed by atoms with Crippen molar-refractivity contribution >= 4 is 29.6 Å². The summed E-state index contributed by atoms with van der Waals surface area (Å²) in [6, 6.07) is 3.29. The molecule has 1 fully saturated rings. The van der Waals surface area contributed by atoms with Gasteiger partial charge in [0.1, 0.15) is 5.82 Å². The zero-order chi connectivity index (χ0) is 10.8. The molecule has 0 bridgehead atoms. The average Bonchev–Trinajstić information content (AvgIpc) is 2.57. The lowest BCUT2D eigenvalue weighted by molar-refractivity contribution is -0.117. The molecule has 0 N–H and O–H groups in total. The normalized spacial score (nSPS) is 20.7. The fourth-order valence-corrected chi connectivity index (χ4v) is 1.87. The summed E-state index contributed by atoms with van der Waals surface area (Å²) >= 11 is 5.87. The number of alkyl halides is 1. The number of pyridine rings is 1. The fraction of sp³-hybridized carbons (Fsp3) is 0.300. The summed E-state index contributed by atoms with van der Waals surface area (Å²) in [6.07, 6.45) is 2.55. The van der Waals surface area contributed by atoms with Gasteiger partial charge in [-0.2, -0.15) is 0 Å². The van der Waals surface area contributed by atoms with Crippen LogP contribution in [0.4, 0.5) is 5.82 Å². The van der Waals surface area contributed by atoms with Crippen LogP contribution in [0.3, 0.4) is 0 Å². The quantitative estimate of drug-likeness (QED) is 0.561. The third kappa shape index (κ3) is 1.85. The van der Waals surface area contributed by atoms with E-state index in [4.69, 9.17) is 11.6 Å². The second-order valence-electron chi connectivity index (χ2n) is 3.34. The van der Waals surface area contributed by atoms with E-state index < -0.39 is 0 Å². The Balaban J connectivity index is 2.37. The van der Waals surface area contributed by atoms with Crippen LogP contribution >= 0.6 is 11.6 Å². The molecule has 1 aliphatic rings. The van der Waals surface area contributed by atoms with Gasteiger partial charge in [-0.05, 0) is 12.1 Å². The number of aldehydes is 1. The monoisotopic (exact) mass is 224 g/mol. The van der Waals surface area contributed by atoms with E-state index in [0.717, 1.165) is 0 Å². The first-order valence-corrected chi connectivity index (χ1v) is 5.00. The number of anilines is 1. The van der Waals surface area contributed by atoms with Crippen molar-refractivity contribution in [3.63, 3.8) is 0 Å². The largest absolute Gasteiger partial charge is 0.298 e. The topological polar surface area (TPSA) is 50.3 Å². The standard InChI is InChI=1S/C10H9ClN2O2/c11-8-4-9(15)13(5-8)10-7(6-14)2-1-3-12-10/h1-3,6,8H,4-5H2. The number of carbonyl (C=O) groups excluding carboxylic acids is 2. The lowest BCUT2D eigenvalue weighted by atomic mass is 10.2. The molecule has 5 heteroatoms. The summed E-state index contributed by atoms with van der Waals surface area (Å²) in [4.78, 5) is 27.8. The second kappa shape index (κ2) is 3.98. The van der Waals surface area contributed by atoms with Gasteiger partial charge in [0.05, 0.1) is 10.9 Å². The van der Waals surface area contributed by atoms with E-state index in [0.29, 0.717) is 30.6 Å². The molecule has 0 saturated carbocycles. The van der Waals surface area contributed by atoms with Crippen LogP contribution in [0.1, 0.15) is 16.8 Å². The van der Waals surface area contributed by atoms with E-state index in [9.17, 15) is 9.59 Å². The van der Waals surface area contributed by atoms with E-state index in [1.807, 2.05) is 0 Å². The number of rotatable bonds is 2. The number of amides is 1. The maximum Gasteiger partial charge on any atom is 0.229 e. The molecule has 1 unspecified atom stereocenters. The summed E-state index contributed by atoms with van der Waals surface area (Å²) in [5.74, 6) is 0.317. The SMILES string of the molecule is O=Cc1cccnc1N1CC(Cl)CC1=O. The molecule has 78 valence electrons. The molecule has 1 aromatic heterocycles. The zero-order valence-electron chi connectivity index (χ0n) is 7.89. The van der Waals surface area contributed by atoms with Crippen molar-refractivity contribution in [2.24, 2.45) is 0 Å². The first-order chi connectivity index (χ1) is 7.22. The van der Waals surface area contributed by atoms with Gasteiger partial charge in [0.15, 0.2) is 6.29 Å². The molecule has 1 aliphatic heterocycles. The predicted molar refractivity (Wildman–Crippen MR) is 56.2 cm³/mol. The van der Waals surface area contributed by atoms with E-state index >= 15 is 0 Å². The summed E-state index contributed by atoms with van der Waals surface area (Å²) < 4.78 is 0. The van der Waals surface area contributed by atoms with Crippen molar-refractivity contribution in [3.8, 4) is 0 Å². The highest BCUT2D eigenvalue weighted by atomic mass is 35.5. The maximum absolute atomic E-state index is 11.5. The Labute approximate surface area is 91.9 Å². The van der Waals surface area contributed by atoms with Crippen molar-refractivity contribution < 1.29 is 9.59 Å². The van der Waals surface area contributed by atoms with Crippen LogP contribution in [-0.2, 0) is 4.79 Å². The van der Waals surface area contributed by atoms with Crippen LogP contribution in [0.5, 0.6) is 0 Å². The smallest absolute Gasteiger partial charge is 0.229 e. The van der Waals surface area contributed by atoms with Crippen LogP contribution < -0.4 is 4.90 Å². The third-order valence-corrected chi connectivity index (χ3v) is 2.57. The number of hydrogen-bond acceptors (Lipinski definition) is 3. The Morgan fingerprint density at radius 1 is 1.60 bits per heavy atom. The summed E-state index contributed by atoms with van der Waals surface area (Å²) in [5.41, 5.74) is 0.414. The Bertz CT molecular complexity index is 408. The molecule has 1 amide bonds. The van der Waals surface area contributed by atoms with Gasteiger partial charge in [0, 0.05) is 19.2 Å². The molecule has 0 spiro atoms. The Kier molecular flexibility index (Phi) is 2.68. The van der Waals surface area contributed by atoms with Crippen molar-refractivity contribution in [3.05, 3.63) is 23.9 Å². The average molecular weight is 225 g/mol. The fourth-order valence-electron chi connectivity index (χ4n) is 1.60. The molecular weight excluding hydrogens is 216 g/mol. The zero-order valence-corrected chi connectivity index (χ0v) is 8.65. The minimum atomic E-state index is -0.195. The van der Waals surface area contributed by atoms with Gasteiger partial charge in [-0.1, -0.05) is 0 Å². The molecular formula is C10H9ClN2O2. The van der Waals surface area contributed by atoms with Crippen molar-refractivity contribution in [1.29, 1.82) is 0 Å². The van der Waals surface area contributed by atoms with Gasteiger partial charge >= 0.3 is 0 Å². The highest BCUT2D eigenvalue weighted by Gasteiger charge is 2.31. The van der Waals surface area contributed by atoms with Crippen LogP contribution in [0, 0.1) is 0 Å². The first-order valence-electron chi connectivity index (χ1n) is 4.57. The second-order valence-corrected chi connectivity index (χ2v) is 3.96. The first kappa shape index (κ1) is 10.1. The Hall–Kier alpha value is -1.42. The number of carbonyl (C=O) groups is 2. The van der Waals surface area contributed by atoms with Crippen molar-refractivity contribution in [1.82, 2.24) is 4.98 Å². The van der Waals surface area contributed by atoms with Gasteiger partial charge in [0.25, 0.3) is 0 Å². The molecule has 15 heavy (non-hydrogen) atoms. The van der Waals surface area contributed by atoms with E-state index in [1.165, 1.54) is 4.90 Å². The maximum atomic E-state index is 11.5. The minimum Gasteiger partial charge on any atom is -0.298 e. The van der Waals surface area contributed by atoms with Gasteiger partial charge in [-0.3, -0.25) is 14.5 Å². The van der Waals surface area contributed by atoms with Crippen LogP contribution in [0.2, 0.25) is 0 Å². The summed E-state index contributed by atoms with van der Waals surface area (Å²) in [5, 5.41) is -0.195. The van der Waals surface area contributed by atoms with Gasteiger partial charge in [-0.25, -0.2) is 4.98 Å². The highest BCUT2D eigenvalue weighted by Crippen LogP contribution is 2.24. The van der Waals surface area contributed by atoms with Crippen LogP contribution in [0.25, 0.3) is 0 Å². The number of aromatic nitrogens is 1. The number of halogens is 1. The van der Waals surface area contributed by atoms with Crippen LogP contribution in [0.15, 0.2) is 18.3 Å². The predicted octanol–water partition coefficient (Wildman–Crippen LogP) is 1.24. The molecule has 0 aromatic carbocycles. The summed E-state index contributed by atoms with van der Waals surface area (Å²) in [7, 11) is 0. The molecule has 1 saturated heterocycles. The third-order valence-electron chi connectivity index (χ3n) is 2.28. The van der Waals surface area contributed by atoms with Crippen LogP contribution in [-0.4, -0.2) is 29.1 Å². The van der Waals surface area contributed by atoms with E-state index in [1.54, 1.807) is 18.3 Å². The number of hydrogen-bond donors (Lipinski definition) is 0. The molecule has 4 nitrogen and oxygen atoms in total. The molecule has 2 heterocycles. The minimum absolute atomic E-state index is 0.0863. The van der Waals surface area contributed by atoms with Gasteiger partial charge in [-0.15, -0.1) is 11.6 Å². The van der Waals surface area contributed by atoms with E-state index in [-0.39, 0.29) is 11.3 Å². The number of nitrogens with zero attached hydrogens (tertiary/aromatic N) is 2. The molecule has 0 aliphatic carbocycles. The lowest BCUT2D eigenvalue weighted by Gasteiger charge is -2.15. The Morgan fingerprint density at radius 2 is 2.40 bits per heavy atom. The highest BCUT2D eigenvalue weighted by molar-refractivity contribution is 6.24. The molecule has 1 atom stereocenters. The van der Waals surface area contributed by atoms with Gasteiger partial charge < -0.3 is 0 Å². The van der Waals surface area contributed by atoms with E-state index in [2.05, 4.69) is 4.98 Å². The molecule has 0 radical (unpaired) electrons. The Morgan fingerprint density at radius 3 is 3.00 bits per heavy atom. The summed E-state index contributed by atoms with van der Waals surface area (Å²) in [6.45, 7) is 0.415. The molecule has 1 aromatic rings. The van der Waals surface area contributed by atoms with Gasteiger partial charge in [0.2, 0.25) is 5.91 Å². The van der Waals surface area contributed by atoms with Crippen molar-refractivity contribution in [2.75, 3.05) is 11.4 Å². The lowest BCUT2D eigenvalue weighted by Crippen LogP contribution is -2.26.